The molecule has 0 aliphatic heterocycles. The minimum absolute atomic E-state index is 0.116. The van der Waals surface area contributed by atoms with Gasteiger partial charge < -0.3 is 15.7 Å². The van der Waals surface area contributed by atoms with E-state index in [0.29, 0.717) is 0 Å². The van der Waals surface area contributed by atoms with Gasteiger partial charge in [0.15, 0.2) is 0 Å². The van der Waals surface area contributed by atoms with Gasteiger partial charge in [-0.3, -0.25) is 9.59 Å². The number of aliphatic hydroxyl groups is 1. The summed E-state index contributed by atoms with van der Waals surface area (Å²) >= 11 is 0. The number of hydrogen-bond acceptors (Lipinski definition) is 3. The van der Waals surface area contributed by atoms with Gasteiger partial charge in [-0.1, -0.05) is 61.5 Å². The van der Waals surface area contributed by atoms with Crippen LogP contribution in [0.15, 0.2) is 54.6 Å². The second-order valence-corrected chi connectivity index (χ2v) is 5.84. The first-order chi connectivity index (χ1) is 12.1. The van der Waals surface area contributed by atoms with Crippen LogP contribution < -0.4 is 10.6 Å². The molecule has 0 aromatic heterocycles. The second kappa shape index (κ2) is 9.59. The Morgan fingerprint density at radius 2 is 1.64 bits per heavy atom. The third kappa shape index (κ3) is 6.04. The summed E-state index contributed by atoms with van der Waals surface area (Å²) in [5.41, 5.74) is 2.92. The Bertz CT molecular complexity index is 684. The fourth-order valence-corrected chi connectivity index (χ4v) is 2.49. The number of carbonyl (C=O) groups excluding carboxylic acids is 2. The Morgan fingerprint density at radius 1 is 0.960 bits per heavy atom. The first-order valence-corrected chi connectivity index (χ1v) is 8.42. The zero-order valence-corrected chi connectivity index (χ0v) is 14.4. The molecule has 0 saturated carbocycles. The van der Waals surface area contributed by atoms with Crippen molar-refractivity contribution in [2.24, 2.45) is 0 Å². The van der Waals surface area contributed by atoms with E-state index in [1.807, 2.05) is 54.6 Å². The third-order valence-corrected chi connectivity index (χ3v) is 3.96. The van der Waals surface area contributed by atoms with Crippen molar-refractivity contribution < 1.29 is 14.7 Å². The SMILES string of the molecule is CCc1ccc(C(CO)NC(=O)CNC(=O)Cc2ccccc2)cc1. The standard InChI is InChI=1S/C20H24N2O3/c1-2-15-8-10-17(11-9-15)18(14-23)22-20(25)13-21-19(24)12-16-6-4-3-5-7-16/h3-11,18,23H,2,12-14H2,1H3,(H,21,24)(H,22,25). The Hall–Kier alpha value is -2.66. The van der Waals surface area contributed by atoms with Crippen molar-refractivity contribution in [3.05, 3.63) is 71.3 Å². The fraction of sp³-hybridized carbons (Fsp3) is 0.300. The molecule has 0 aliphatic rings. The lowest BCUT2D eigenvalue weighted by Crippen LogP contribution is -2.40. The van der Waals surface area contributed by atoms with E-state index in [2.05, 4.69) is 17.6 Å². The molecule has 1 unspecified atom stereocenters. The summed E-state index contributed by atoms with van der Waals surface area (Å²) < 4.78 is 0. The third-order valence-electron chi connectivity index (χ3n) is 3.96. The Morgan fingerprint density at radius 3 is 2.24 bits per heavy atom. The van der Waals surface area contributed by atoms with E-state index in [9.17, 15) is 14.7 Å². The number of benzene rings is 2. The molecule has 2 aromatic rings. The molecule has 25 heavy (non-hydrogen) atoms. The topological polar surface area (TPSA) is 78.4 Å². The molecular formula is C20H24N2O3. The lowest BCUT2D eigenvalue weighted by molar-refractivity contribution is -0.126. The van der Waals surface area contributed by atoms with Crippen LogP contribution >= 0.6 is 0 Å². The van der Waals surface area contributed by atoms with Crippen molar-refractivity contribution >= 4 is 11.8 Å². The molecule has 0 radical (unpaired) electrons. The van der Waals surface area contributed by atoms with Crippen molar-refractivity contribution in [1.82, 2.24) is 10.6 Å². The van der Waals surface area contributed by atoms with Crippen LogP contribution in [0.5, 0.6) is 0 Å². The maximum Gasteiger partial charge on any atom is 0.239 e. The number of rotatable bonds is 8. The van der Waals surface area contributed by atoms with Crippen LogP contribution in [-0.4, -0.2) is 30.1 Å². The Labute approximate surface area is 148 Å². The van der Waals surface area contributed by atoms with E-state index in [1.54, 1.807) is 0 Å². The van der Waals surface area contributed by atoms with Gasteiger partial charge >= 0.3 is 0 Å². The summed E-state index contributed by atoms with van der Waals surface area (Å²) in [6.45, 7) is 1.75. The lowest BCUT2D eigenvalue weighted by Gasteiger charge is -2.17. The van der Waals surface area contributed by atoms with E-state index in [-0.39, 0.29) is 31.4 Å². The lowest BCUT2D eigenvalue weighted by atomic mass is 10.0. The summed E-state index contributed by atoms with van der Waals surface area (Å²) in [5.74, 6) is -0.547. The minimum atomic E-state index is -0.482. The molecule has 5 heteroatoms. The number of amides is 2. The fourth-order valence-electron chi connectivity index (χ4n) is 2.49. The van der Waals surface area contributed by atoms with Gasteiger partial charge in [0, 0.05) is 0 Å². The van der Waals surface area contributed by atoms with E-state index < -0.39 is 6.04 Å². The molecule has 3 N–H and O–H groups in total. The van der Waals surface area contributed by atoms with Gasteiger partial charge in [-0.2, -0.15) is 0 Å². The average Bonchev–Trinajstić information content (AvgIpc) is 2.65. The average molecular weight is 340 g/mol. The molecule has 2 rings (SSSR count). The highest BCUT2D eigenvalue weighted by molar-refractivity contribution is 5.85. The smallest absolute Gasteiger partial charge is 0.239 e. The van der Waals surface area contributed by atoms with Crippen LogP contribution in [0.2, 0.25) is 0 Å². The van der Waals surface area contributed by atoms with Crippen LogP contribution in [0.1, 0.15) is 29.7 Å². The molecule has 0 fully saturated rings. The van der Waals surface area contributed by atoms with Crippen LogP contribution in [0, 0.1) is 0 Å². The molecule has 2 aromatic carbocycles. The first-order valence-electron chi connectivity index (χ1n) is 8.42. The van der Waals surface area contributed by atoms with Crippen molar-refractivity contribution in [2.45, 2.75) is 25.8 Å². The molecule has 5 nitrogen and oxygen atoms in total. The zero-order chi connectivity index (χ0) is 18.1. The number of carbonyl (C=O) groups is 2. The summed E-state index contributed by atoms with van der Waals surface area (Å²) in [4.78, 5) is 23.9. The summed E-state index contributed by atoms with van der Waals surface area (Å²) in [7, 11) is 0. The van der Waals surface area contributed by atoms with Gasteiger partial charge in [-0.25, -0.2) is 0 Å². The quantitative estimate of drug-likeness (QED) is 0.685. The zero-order valence-electron chi connectivity index (χ0n) is 14.4. The van der Waals surface area contributed by atoms with Gasteiger partial charge in [-0.15, -0.1) is 0 Å². The van der Waals surface area contributed by atoms with E-state index in [1.165, 1.54) is 5.56 Å². The van der Waals surface area contributed by atoms with E-state index >= 15 is 0 Å². The number of aryl methyl sites for hydroxylation is 1. The van der Waals surface area contributed by atoms with Gasteiger partial charge in [0.2, 0.25) is 11.8 Å². The van der Waals surface area contributed by atoms with Crippen LogP contribution in [0.4, 0.5) is 0 Å². The van der Waals surface area contributed by atoms with Gasteiger partial charge in [0.1, 0.15) is 0 Å². The summed E-state index contributed by atoms with van der Waals surface area (Å²) in [5, 5.41) is 14.9. The maximum atomic E-state index is 12.0. The summed E-state index contributed by atoms with van der Waals surface area (Å²) in [6, 6.07) is 16.6. The maximum absolute atomic E-state index is 12.0. The molecule has 132 valence electrons. The molecule has 1 atom stereocenters. The summed E-state index contributed by atoms with van der Waals surface area (Å²) in [6.07, 6.45) is 1.17. The Kier molecular flexibility index (Phi) is 7.16. The normalized spacial score (nSPS) is 11.6. The molecule has 0 aliphatic carbocycles. The predicted molar refractivity (Wildman–Crippen MR) is 96.9 cm³/mol. The van der Waals surface area contributed by atoms with E-state index in [0.717, 1.165) is 17.5 Å². The highest BCUT2D eigenvalue weighted by atomic mass is 16.3. The molecule has 2 amide bonds. The van der Waals surface area contributed by atoms with Crippen molar-refractivity contribution in [1.29, 1.82) is 0 Å². The van der Waals surface area contributed by atoms with Crippen LogP contribution in [0.3, 0.4) is 0 Å². The monoisotopic (exact) mass is 340 g/mol. The van der Waals surface area contributed by atoms with Crippen LogP contribution in [-0.2, 0) is 22.4 Å². The van der Waals surface area contributed by atoms with Crippen LogP contribution in [0.25, 0.3) is 0 Å². The predicted octanol–water partition coefficient (Wildman–Crippen LogP) is 1.76. The van der Waals surface area contributed by atoms with Gasteiger partial charge in [0.05, 0.1) is 25.6 Å². The number of nitrogens with one attached hydrogen (secondary N) is 2. The van der Waals surface area contributed by atoms with Crippen molar-refractivity contribution in [2.75, 3.05) is 13.2 Å². The highest BCUT2D eigenvalue weighted by Crippen LogP contribution is 2.13. The van der Waals surface area contributed by atoms with Gasteiger partial charge in [0.25, 0.3) is 0 Å². The molecule has 0 heterocycles. The Balaban J connectivity index is 1.82. The largest absolute Gasteiger partial charge is 0.394 e. The molecule has 0 saturated heterocycles. The molecular weight excluding hydrogens is 316 g/mol. The molecule has 0 spiro atoms. The minimum Gasteiger partial charge on any atom is -0.394 e. The second-order valence-electron chi connectivity index (χ2n) is 5.84. The van der Waals surface area contributed by atoms with Crippen molar-refractivity contribution in [3.63, 3.8) is 0 Å². The number of aliphatic hydroxyl groups excluding tert-OH is 1. The first kappa shape index (κ1) is 18.7. The highest BCUT2D eigenvalue weighted by Gasteiger charge is 2.14. The number of hydrogen-bond donors (Lipinski definition) is 3. The van der Waals surface area contributed by atoms with E-state index in [4.69, 9.17) is 0 Å². The van der Waals surface area contributed by atoms with Gasteiger partial charge in [-0.05, 0) is 23.1 Å². The van der Waals surface area contributed by atoms with Crippen molar-refractivity contribution in [3.8, 4) is 0 Å². The molecule has 0 bridgehead atoms.